The fourth-order valence-electron chi connectivity index (χ4n) is 1.96. The van der Waals surface area contributed by atoms with Crippen LogP contribution in [0, 0.1) is 0 Å². The molecule has 3 nitrogen and oxygen atoms in total. The van der Waals surface area contributed by atoms with E-state index < -0.39 is 11.5 Å². The van der Waals surface area contributed by atoms with Crippen LogP contribution < -0.4 is 10.4 Å². The molecule has 2 N–H and O–H groups in total. The summed E-state index contributed by atoms with van der Waals surface area (Å²) in [5.74, 6) is -0.960. The Bertz CT molecular complexity index is 183. The van der Waals surface area contributed by atoms with Crippen molar-refractivity contribution < 1.29 is 15.2 Å². The van der Waals surface area contributed by atoms with Crippen molar-refractivity contribution in [2.45, 2.75) is 57.5 Å². The molecule has 1 aliphatic rings. The number of carboxylic acid groups (broad SMARTS) is 1. The molecule has 0 heterocycles. The lowest BCUT2D eigenvalue weighted by Crippen LogP contribution is -3.02. The lowest BCUT2D eigenvalue weighted by Gasteiger charge is -2.30. The predicted molar refractivity (Wildman–Crippen MR) is 47.9 cm³/mol. The third-order valence-electron chi connectivity index (χ3n) is 2.83. The van der Waals surface area contributed by atoms with Crippen LogP contribution in [0.5, 0.6) is 0 Å². The van der Waals surface area contributed by atoms with Gasteiger partial charge in [-0.15, -0.1) is 0 Å². The van der Waals surface area contributed by atoms with Gasteiger partial charge >= 0.3 is 0 Å². The third-order valence-corrected chi connectivity index (χ3v) is 2.83. The summed E-state index contributed by atoms with van der Waals surface area (Å²) >= 11 is 0. The number of rotatable bonds is 3. The molecule has 1 aliphatic carbocycles. The van der Waals surface area contributed by atoms with Gasteiger partial charge in [0.2, 0.25) is 0 Å². The van der Waals surface area contributed by atoms with Crippen molar-refractivity contribution in [1.82, 2.24) is 0 Å². The van der Waals surface area contributed by atoms with Gasteiger partial charge in [-0.25, -0.2) is 0 Å². The Morgan fingerprint density at radius 3 is 2.31 bits per heavy atom. The van der Waals surface area contributed by atoms with Crippen molar-refractivity contribution >= 4 is 5.97 Å². The maximum atomic E-state index is 10.8. The van der Waals surface area contributed by atoms with Crippen LogP contribution in [0.15, 0.2) is 0 Å². The van der Waals surface area contributed by atoms with Crippen LogP contribution in [0.1, 0.15) is 46.0 Å². The summed E-state index contributed by atoms with van der Waals surface area (Å²) in [6.07, 6.45) is 6.08. The van der Waals surface area contributed by atoms with Crippen molar-refractivity contribution in [3.05, 3.63) is 0 Å². The van der Waals surface area contributed by atoms with E-state index >= 15 is 0 Å². The van der Waals surface area contributed by atoms with Gasteiger partial charge in [0, 0.05) is 0 Å². The average molecular weight is 185 g/mol. The van der Waals surface area contributed by atoms with E-state index in [-0.39, 0.29) is 0 Å². The van der Waals surface area contributed by atoms with Gasteiger partial charge < -0.3 is 15.2 Å². The highest BCUT2D eigenvalue weighted by atomic mass is 16.4. The lowest BCUT2D eigenvalue weighted by atomic mass is 9.93. The molecule has 13 heavy (non-hydrogen) atoms. The average Bonchev–Trinajstić information content (AvgIpc) is 2.05. The summed E-state index contributed by atoms with van der Waals surface area (Å²) in [6, 6.07) is 0.488. The Morgan fingerprint density at radius 2 is 1.85 bits per heavy atom. The number of hydrogen-bond acceptors (Lipinski definition) is 2. The predicted octanol–water partition coefficient (Wildman–Crippen LogP) is -0.589. The number of nitrogens with two attached hydrogens (primary N) is 1. The van der Waals surface area contributed by atoms with E-state index in [1.54, 1.807) is 13.8 Å². The summed E-state index contributed by atoms with van der Waals surface area (Å²) in [5, 5.41) is 12.7. The fraction of sp³-hybridized carbons (Fsp3) is 0.900. The van der Waals surface area contributed by atoms with E-state index in [1.807, 2.05) is 5.32 Å². The van der Waals surface area contributed by atoms with E-state index in [9.17, 15) is 9.90 Å². The SMILES string of the molecule is CC(C)([NH2+]C1CCCCC1)C(=O)[O-]. The quantitative estimate of drug-likeness (QED) is 0.639. The third kappa shape index (κ3) is 2.99. The Kier molecular flexibility index (Phi) is 3.31. The Balaban J connectivity index is 2.41. The molecule has 76 valence electrons. The minimum Gasteiger partial charge on any atom is -0.544 e. The molecular formula is C10H19NO2. The molecule has 0 atom stereocenters. The zero-order valence-corrected chi connectivity index (χ0v) is 8.51. The van der Waals surface area contributed by atoms with E-state index in [1.165, 1.54) is 19.3 Å². The van der Waals surface area contributed by atoms with Crippen LogP contribution in [0.2, 0.25) is 0 Å². The van der Waals surface area contributed by atoms with Crippen molar-refractivity contribution in [1.29, 1.82) is 0 Å². The number of hydrogen-bond donors (Lipinski definition) is 1. The van der Waals surface area contributed by atoms with E-state index in [2.05, 4.69) is 0 Å². The molecule has 0 unspecified atom stereocenters. The van der Waals surface area contributed by atoms with Crippen molar-refractivity contribution in [2.75, 3.05) is 0 Å². The van der Waals surface area contributed by atoms with Gasteiger partial charge in [0.1, 0.15) is 11.5 Å². The Morgan fingerprint density at radius 1 is 1.31 bits per heavy atom. The van der Waals surface area contributed by atoms with Crippen molar-refractivity contribution in [3.8, 4) is 0 Å². The van der Waals surface area contributed by atoms with Crippen LogP contribution in [0.3, 0.4) is 0 Å². The first-order chi connectivity index (χ1) is 6.02. The van der Waals surface area contributed by atoms with Crippen LogP contribution in [-0.2, 0) is 4.79 Å². The maximum Gasteiger partial charge on any atom is 0.131 e. The summed E-state index contributed by atoms with van der Waals surface area (Å²) in [5.41, 5.74) is -0.762. The minimum atomic E-state index is -0.960. The molecule has 0 aromatic rings. The molecule has 3 heteroatoms. The number of carbonyl (C=O) groups excluding carboxylic acids is 1. The largest absolute Gasteiger partial charge is 0.544 e. The van der Waals surface area contributed by atoms with E-state index in [0.29, 0.717) is 6.04 Å². The molecule has 0 amide bonds. The summed E-state index contributed by atoms with van der Waals surface area (Å²) in [7, 11) is 0. The number of quaternary nitrogens is 1. The highest BCUT2D eigenvalue weighted by molar-refractivity contribution is 5.73. The topological polar surface area (TPSA) is 56.7 Å². The summed E-state index contributed by atoms with van der Waals surface area (Å²) < 4.78 is 0. The monoisotopic (exact) mass is 185 g/mol. The highest BCUT2D eigenvalue weighted by Gasteiger charge is 2.28. The first-order valence-corrected chi connectivity index (χ1v) is 5.10. The zero-order chi connectivity index (χ0) is 9.90. The number of carbonyl (C=O) groups is 1. The minimum absolute atomic E-state index is 0.488. The Hall–Kier alpha value is -0.570. The van der Waals surface area contributed by atoms with Crippen molar-refractivity contribution in [2.24, 2.45) is 0 Å². The molecule has 0 aromatic heterocycles. The van der Waals surface area contributed by atoms with Gasteiger partial charge in [0.15, 0.2) is 0 Å². The van der Waals surface area contributed by atoms with Crippen LogP contribution in [0.25, 0.3) is 0 Å². The van der Waals surface area contributed by atoms with Gasteiger partial charge in [-0.2, -0.15) is 0 Å². The zero-order valence-electron chi connectivity index (χ0n) is 8.51. The Labute approximate surface area is 79.5 Å². The van der Waals surface area contributed by atoms with Crippen LogP contribution in [0.4, 0.5) is 0 Å². The molecule has 0 aromatic carbocycles. The molecule has 1 fully saturated rings. The molecule has 1 rings (SSSR count). The van der Waals surface area contributed by atoms with E-state index in [4.69, 9.17) is 0 Å². The molecular weight excluding hydrogens is 166 g/mol. The molecule has 0 saturated heterocycles. The number of carboxylic acids is 1. The maximum absolute atomic E-state index is 10.8. The summed E-state index contributed by atoms with van der Waals surface area (Å²) in [6.45, 7) is 3.44. The van der Waals surface area contributed by atoms with Crippen molar-refractivity contribution in [3.63, 3.8) is 0 Å². The number of aliphatic carboxylic acids is 1. The van der Waals surface area contributed by atoms with Gasteiger partial charge in [0.05, 0.1) is 6.04 Å². The second-order valence-corrected chi connectivity index (χ2v) is 4.57. The molecule has 1 saturated carbocycles. The van der Waals surface area contributed by atoms with Crippen LogP contribution >= 0.6 is 0 Å². The molecule has 0 bridgehead atoms. The van der Waals surface area contributed by atoms with Gasteiger partial charge in [0.25, 0.3) is 0 Å². The molecule has 0 radical (unpaired) electrons. The smallest absolute Gasteiger partial charge is 0.131 e. The van der Waals surface area contributed by atoms with Gasteiger partial charge in [-0.1, -0.05) is 6.42 Å². The van der Waals surface area contributed by atoms with Gasteiger partial charge in [-0.05, 0) is 39.5 Å². The second kappa shape index (κ2) is 4.09. The first-order valence-electron chi connectivity index (χ1n) is 5.10. The second-order valence-electron chi connectivity index (χ2n) is 4.57. The van der Waals surface area contributed by atoms with Gasteiger partial charge in [-0.3, -0.25) is 0 Å². The molecule has 0 aliphatic heterocycles. The summed E-state index contributed by atoms with van der Waals surface area (Å²) in [4.78, 5) is 10.8. The lowest BCUT2D eigenvalue weighted by molar-refractivity contribution is -0.745. The van der Waals surface area contributed by atoms with Crippen LogP contribution in [-0.4, -0.2) is 17.6 Å². The standard InChI is InChI=1S/C10H19NO2/c1-10(2,9(12)13)11-8-6-4-3-5-7-8/h8,11H,3-7H2,1-2H3,(H,12,13). The highest BCUT2D eigenvalue weighted by Crippen LogP contribution is 2.15. The normalized spacial score (nSPS) is 20.2. The molecule has 0 spiro atoms. The van der Waals surface area contributed by atoms with E-state index in [0.717, 1.165) is 12.8 Å². The first kappa shape index (κ1) is 10.5. The fourth-order valence-corrected chi connectivity index (χ4v) is 1.96.